The summed E-state index contributed by atoms with van der Waals surface area (Å²) in [5, 5.41) is 5.57. The fourth-order valence-corrected chi connectivity index (χ4v) is 4.55. The van der Waals surface area contributed by atoms with Crippen molar-refractivity contribution in [3.63, 3.8) is 0 Å². The number of nitrogens with one attached hydrogen (secondary N) is 2. The fraction of sp³-hybridized carbons (Fsp3) is 0.320. The van der Waals surface area contributed by atoms with Gasteiger partial charge in [0, 0.05) is 32.0 Å². The number of pyridine rings is 1. The van der Waals surface area contributed by atoms with E-state index in [4.69, 9.17) is 0 Å². The SMILES string of the molecule is C=CCNC(=O)c1cn(Cc2ccccc2)cc(C(=O)NC[C@H]2C[C@@H]3C=C[C@H]2C3)c1=O. The summed E-state index contributed by atoms with van der Waals surface area (Å²) in [7, 11) is 0. The van der Waals surface area contributed by atoms with E-state index < -0.39 is 17.2 Å². The maximum atomic E-state index is 13.0. The Balaban J connectivity index is 1.58. The minimum absolute atomic E-state index is 0.0131. The van der Waals surface area contributed by atoms with Gasteiger partial charge in [-0.3, -0.25) is 14.4 Å². The van der Waals surface area contributed by atoms with Gasteiger partial charge in [-0.2, -0.15) is 0 Å². The molecule has 0 radical (unpaired) electrons. The lowest BCUT2D eigenvalue weighted by Crippen LogP contribution is -2.37. The van der Waals surface area contributed by atoms with Crippen LogP contribution in [-0.4, -0.2) is 29.5 Å². The number of amides is 2. The van der Waals surface area contributed by atoms with Crippen LogP contribution in [0.1, 0.15) is 39.1 Å². The summed E-state index contributed by atoms with van der Waals surface area (Å²) < 4.78 is 1.72. The molecule has 1 saturated carbocycles. The highest BCUT2D eigenvalue weighted by Gasteiger charge is 2.35. The van der Waals surface area contributed by atoms with E-state index in [0.29, 0.717) is 30.8 Å². The molecule has 0 aliphatic heterocycles. The third-order valence-electron chi connectivity index (χ3n) is 6.12. The Hall–Kier alpha value is -3.41. The van der Waals surface area contributed by atoms with Crippen LogP contribution >= 0.6 is 0 Å². The molecule has 2 aliphatic carbocycles. The smallest absolute Gasteiger partial charge is 0.257 e. The summed E-state index contributed by atoms with van der Waals surface area (Å²) in [6, 6.07) is 9.68. The number of nitrogens with zero attached hydrogens (tertiary/aromatic N) is 1. The summed E-state index contributed by atoms with van der Waals surface area (Å²) in [6.07, 6.45) is 11.3. The van der Waals surface area contributed by atoms with Gasteiger partial charge in [0.2, 0.25) is 5.43 Å². The van der Waals surface area contributed by atoms with Gasteiger partial charge in [-0.1, -0.05) is 48.6 Å². The van der Waals surface area contributed by atoms with Crippen molar-refractivity contribution in [2.75, 3.05) is 13.1 Å². The predicted molar refractivity (Wildman–Crippen MR) is 120 cm³/mol. The van der Waals surface area contributed by atoms with E-state index in [1.807, 2.05) is 30.3 Å². The number of fused-ring (bicyclic) bond motifs is 2. The minimum Gasteiger partial charge on any atom is -0.352 e. The fourth-order valence-electron chi connectivity index (χ4n) is 4.55. The van der Waals surface area contributed by atoms with E-state index >= 15 is 0 Å². The highest BCUT2D eigenvalue weighted by Crippen LogP contribution is 2.42. The molecular weight excluding hydrogens is 390 g/mol. The van der Waals surface area contributed by atoms with E-state index in [1.54, 1.807) is 10.6 Å². The molecule has 6 nitrogen and oxygen atoms in total. The largest absolute Gasteiger partial charge is 0.352 e. The zero-order valence-electron chi connectivity index (χ0n) is 17.4. The van der Waals surface area contributed by atoms with Crippen LogP contribution < -0.4 is 16.1 Å². The maximum absolute atomic E-state index is 13.0. The van der Waals surface area contributed by atoms with Crippen LogP contribution in [0.15, 0.2) is 72.3 Å². The van der Waals surface area contributed by atoms with Crippen LogP contribution in [0.4, 0.5) is 0 Å². The van der Waals surface area contributed by atoms with Gasteiger partial charge in [-0.25, -0.2) is 0 Å². The molecule has 1 aromatic carbocycles. The van der Waals surface area contributed by atoms with E-state index in [9.17, 15) is 14.4 Å². The molecule has 1 aromatic heterocycles. The lowest BCUT2D eigenvalue weighted by atomic mass is 9.93. The summed E-state index contributed by atoms with van der Waals surface area (Å²) in [4.78, 5) is 38.4. The van der Waals surface area contributed by atoms with Crippen molar-refractivity contribution in [2.45, 2.75) is 19.4 Å². The van der Waals surface area contributed by atoms with Gasteiger partial charge in [0.05, 0.1) is 0 Å². The Bertz CT molecular complexity index is 1070. The molecule has 2 aromatic rings. The van der Waals surface area contributed by atoms with Crippen molar-refractivity contribution in [1.82, 2.24) is 15.2 Å². The maximum Gasteiger partial charge on any atom is 0.257 e. The average Bonchev–Trinajstić information content (AvgIpc) is 3.41. The second-order valence-corrected chi connectivity index (χ2v) is 8.32. The Labute approximate surface area is 181 Å². The molecule has 2 bridgehead atoms. The van der Waals surface area contributed by atoms with E-state index in [0.717, 1.165) is 18.4 Å². The molecule has 6 heteroatoms. The first kappa shape index (κ1) is 20.8. The van der Waals surface area contributed by atoms with Crippen LogP contribution in [0, 0.1) is 17.8 Å². The highest BCUT2D eigenvalue weighted by molar-refractivity contribution is 5.99. The standard InChI is InChI=1S/C25H27N3O3/c1-2-10-26-24(30)21-15-28(14-17-6-4-3-5-7-17)16-22(23(21)29)25(31)27-13-20-12-18-8-9-19(20)11-18/h2-9,15-16,18-20H,1,10-14H2,(H,26,30)(H,27,31)/t18-,19+,20-/m1/s1. The summed E-state index contributed by atoms with van der Waals surface area (Å²) >= 11 is 0. The number of carbonyl (C=O) groups is 2. The van der Waals surface area contributed by atoms with Gasteiger partial charge in [0.15, 0.2) is 0 Å². The normalized spacial score (nSPS) is 21.1. The number of hydrogen-bond donors (Lipinski definition) is 2. The number of carbonyl (C=O) groups excluding carboxylic acids is 2. The first-order valence-corrected chi connectivity index (χ1v) is 10.7. The number of aromatic nitrogens is 1. The van der Waals surface area contributed by atoms with Crippen molar-refractivity contribution in [3.8, 4) is 0 Å². The lowest BCUT2D eigenvalue weighted by Gasteiger charge is -2.19. The summed E-state index contributed by atoms with van der Waals surface area (Å²) in [5.74, 6) is 0.587. The Morgan fingerprint density at radius 2 is 1.74 bits per heavy atom. The van der Waals surface area contributed by atoms with Crippen LogP contribution in [0.3, 0.4) is 0 Å². The molecule has 31 heavy (non-hydrogen) atoms. The Kier molecular flexibility index (Phi) is 6.16. The van der Waals surface area contributed by atoms with Crippen molar-refractivity contribution in [1.29, 1.82) is 0 Å². The molecule has 2 N–H and O–H groups in total. The molecule has 3 atom stereocenters. The van der Waals surface area contributed by atoms with Crippen molar-refractivity contribution < 1.29 is 9.59 Å². The monoisotopic (exact) mass is 417 g/mol. The first-order valence-electron chi connectivity index (χ1n) is 10.7. The van der Waals surface area contributed by atoms with Crippen LogP contribution in [0.2, 0.25) is 0 Å². The molecular formula is C25H27N3O3. The van der Waals surface area contributed by atoms with E-state index in [2.05, 4.69) is 29.4 Å². The zero-order chi connectivity index (χ0) is 21.8. The third kappa shape index (κ3) is 4.68. The lowest BCUT2D eigenvalue weighted by molar-refractivity contribution is 0.0943. The Morgan fingerprint density at radius 3 is 2.35 bits per heavy atom. The Morgan fingerprint density at radius 1 is 1.03 bits per heavy atom. The number of hydrogen-bond acceptors (Lipinski definition) is 3. The summed E-state index contributed by atoms with van der Waals surface area (Å²) in [5.41, 5.74) is 0.383. The van der Waals surface area contributed by atoms with Crippen LogP contribution in [-0.2, 0) is 6.54 Å². The molecule has 160 valence electrons. The zero-order valence-corrected chi connectivity index (χ0v) is 17.4. The number of allylic oxidation sites excluding steroid dienone is 2. The predicted octanol–water partition coefficient (Wildman–Crippen LogP) is 2.75. The third-order valence-corrected chi connectivity index (χ3v) is 6.12. The van der Waals surface area contributed by atoms with Gasteiger partial charge in [-0.05, 0) is 36.2 Å². The molecule has 2 amide bonds. The van der Waals surface area contributed by atoms with Gasteiger partial charge in [-0.15, -0.1) is 6.58 Å². The van der Waals surface area contributed by atoms with E-state index in [1.165, 1.54) is 12.4 Å². The molecule has 0 spiro atoms. The highest BCUT2D eigenvalue weighted by atomic mass is 16.2. The van der Waals surface area contributed by atoms with Gasteiger partial charge in [0.1, 0.15) is 11.1 Å². The minimum atomic E-state index is -0.559. The van der Waals surface area contributed by atoms with Gasteiger partial charge >= 0.3 is 0 Å². The molecule has 0 unspecified atom stereocenters. The quantitative estimate of drug-likeness (QED) is 0.648. The molecule has 1 heterocycles. The number of rotatable bonds is 8. The van der Waals surface area contributed by atoms with Crippen molar-refractivity contribution in [2.24, 2.45) is 17.8 Å². The van der Waals surface area contributed by atoms with E-state index in [-0.39, 0.29) is 17.7 Å². The van der Waals surface area contributed by atoms with Gasteiger partial charge < -0.3 is 15.2 Å². The first-order chi connectivity index (χ1) is 15.0. The molecule has 4 rings (SSSR count). The molecule has 1 fully saturated rings. The van der Waals surface area contributed by atoms with Gasteiger partial charge in [0.25, 0.3) is 11.8 Å². The summed E-state index contributed by atoms with van der Waals surface area (Å²) in [6.45, 7) is 4.80. The molecule has 0 saturated heterocycles. The van der Waals surface area contributed by atoms with Crippen LogP contribution in [0.25, 0.3) is 0 Å². The average molecular weight is 418 g/mol. The van der Waals surface area contributed by atoms with Crippen molar-refractivity contribution in [3.05, 3.63) is 94.4 Å². The number of benzene rings is 1. The van der Waals surface area contributed by atoms with Crippen LogP contribution in [0.5, 0.6) is 0 Å². The topological polar surface area (TPSA) is 80.2 Å². The molecule has 2 aliphatic rings. The second kappa shape index (κ2) is 9.16. The second-order valence-electron chi connectivity index (χ2n) is 8.32. The van der Waals surface area contributed by atoms with Crippen molar-refractivity contribution >= 4 is 11.8 Å².